The van der Waals surface area contributed by atoms with Gasteiger partial charge in [-0.25, -0.2) is 0 Å². The predicted molar refractivity (Wildman–Crippen MR) is 56.2 cm³/mol. The second-order valence-corrected chi connectivity index (χ2v) is 3.12. The molecule has 1 aromatic rings. The fraction of sp³-hybridized carbons (Fsp3) is 0.111. The summed E-state index contributed by atoms with van der Waals surface area (Å²) in [5.74, 6) is 0. The Morgan fingerprint density at radius 2 is 1.91 bits per heavy atom. The van der Waals surface area contributed by atoms with Crippen LogP contribution in [0.3, 0.4) is 0 Å². The van der Waals surface area contributed by atoms with E-state index in [-0.39, 0.29) is 0 Å². The van der Waals surface area contributed by atoms with Gasteiger partial charge in [-0.15, -0.1) is 12.6 Å². The van der Waals surface area contributed by atoms with Crippen molar-refractivity contribution in [3.63, 3.8) is 0 Å². The van der Waals surface area contributed by atoms with Crippen LogP contribution in [-0.4, -0.2) is 0 Å². The van der Waals surface area contributed by atoms with E-state index < -0.39 is 0 Å². The first-order valence-corrected chi connectivity index (χ1v) is 4.35. The molecule has 0 spiro atoms. The zero-order valence-corrected chi connectivity index (χ0v) is 7.85. The average Bonchev–Trinajstić information content (AvgIpc) is 2.06. The van der Waals surface area contributed by atoms with Gasteiger partial charge in [0.2, 0.25) is 0 Å². The maximum Gasteiger partial charge on any atom is 0.00368 e. The molecule has 0 N–H and O–H groups in total. The molecule has 0 saturated carbocycles. The van der Waals surface area contributed by atoms with Crippen molar-refractivity contribution in [2.75, 3.05) is 0 Å². The molecule has 0 unspecified atom stereocenters. The van der Waals surface area contributed by atoms with Gasteiger partial charge in [0.1, 0.15) is 0 Å². The fourth-order valence-electron chi connectivity index (χ4n) is 0.851. The molecular weight excluding hydrogens is 172 g/mol. The minimum atomic E-state index is 0.869. The van der Waals surface area contributed by atoms with Gasteiger partial charge in [-0.05, 0) is 15.9 Å². The van der Waals surface area contributed by atoms with E-state index in [4.69, 9.17) is 0 Å². The third kappa shape index (κ3) is 3.04. The molecule has 0 aliphatic carbocycles. The van der Waals surface area contributed by atoms with Gasteiger partial charge in [-0.2, -0.15) is 12.6 Å². The minimum Gasteiger partial charge on any atom is -0.151 e. The van der Waals surface area contributed by atoms with Crippen molar-refractivity contribution >= 4 is 25.3 Å². The highest BCUT2D eigenvalue weighted by molar-refractivity contribution is 7.87. The zero-order valence-electron chi connectivity index (χ0n) is 6.07. The molecule has 0 fully saturated rings. The summed E-state index contributed by atoms with van der Waals surface area (Å²) >= 11 is 8.23. The molecule has 0 nitrogen and oxygen atoms in total. The molecule has 58 valence electrons. The van der Waals surface area contributed by atoms with Gasteiger partial charge in [0.05, 0.1) is 0 Å². The third-order valence-corrected chi connectivity index (χ3v) is 2.18. The number of rotatable bonds is 2. The molecule has 0 aliphatic heterocycles. The molecule has 0 atom stereocenters. The molecule has 0 bridgehead atoms. The van der Waals surface area contributed by atoms with Crippen LogP contribution in [0.25, 0.3) is 0 Å². The largest absolute Gasteiger partial charge is 0.151 e. The molecular formula is C9H10S2. The first-order valence-electron chi connectivity index (χ1n) is 3.39. The second-order valence-electron chi connectivity index (χ2n) is 2.28. The number of hydrogen-bond donors (Lipinski definition) is 2. The Bertz CT molecular complexity index is 239. The van der Waals surface area contributed by atoms with Gasteiger partial charge >= 0.3 is 0 Å². The highest BCUT2D eigenvalue weighted by atomic mass is 32.1. The number of hydrogen-bond acceptors (Lipinski definition) is 2. The summed E-state index contributed by atoms with van der Waals surface area (Å²) in [7, 11) is 0. The van der Waals surface area contributed by atoms with E-state index in [2.05, 4.69) is 37.4 Å². The highest BCUT2D eigenvalue weighted by Gasteiger charge is 1.91. The molecule has 2 heteroatoms. The summed E-state index contributed by atoms with van der Waals surface area (Å²) in [5, 5.41) is 1.72. The van der Waals surface area contributed by atoms with Crippen molar-refractivity contribution in [2.45, 2.75) is 6.42 Å². The first kappa shape index (κ1) is 8.75. The Morgan fingerprint density at radius 3 is 2.45 bits per heavy atom. The summed E-state index contributed by atoms with van der Waals surface area (Å²) in [6.45, 7) is 0. The van der Waals surface area contributed by atoms with Crippen LogP contribution in [0.15, 0.2) is 40.6 Å². The van der Waals surface area contributed by atoms with Crippen LogP contribution in [0.5, 0.6) is 0 Å². The van der Waals surface area contributed by atoms with Crippen LogP contribution in [0.2, 0.25) is 0 Å². The van der Waals surface area contributed by atoms with Gasteiger partial charge in [0, 0.05) is 6.42 Å². The van der Waals surface area contributed by atoms with Crippen LogP contribution >= 0.6 is 25.3 Å². The highest BCUT2D eigenvalue weighted by Crippen LogP contribution is 2.11. The summed E-state index contributed by atoms with van der Waals surface area (Å²) < 4.78 is 0. The van der Waals surface area contributed by atoms with E-state index in [0.29, 0.717) is 0 Å². The lowest BCUT2D eigenvalue weighted by Crippen LogP contribution is -1.81. The Hall–Kier alpha value is -0.340. The lowest BCUT2D eigenvalue weighted by atomic mass is 10.1. The fourth-order valence-corrected chi connectivity index (χ4v) is 1.12. The van der Waals surface area contributed by atoms with Crippen molar-refractivity contribution in [1.29, 1.82) is 0 Å². The van der Waals surface area contributed by atoms with Gasteiger partial charge in [0.25, 0.3) is 0 Å². The van der Waals surface area contributed by atoms with E-state index >= 15 is 0 Å². The van der Waals surface area contributed by atoms with E-state index in [0.717, 1.165) is 11.3 Å². The van der Waals surface area contributed by atoms with E-state index in [1.54, 1.807) is 5.41 Å². The molecule has 0 radical (unpaired) electrons. The first-order chi connectivity index (χ1) is 5.33. The quantitative estimate of drug-likeness (QED) is 0.646. The SMILES string of the molecule is SC=C(S)Cc1ccccc1. The summed E-state index contributed by atoms with van der Waals surface area (Å²) in [4.78, 5) is 0.986. The van der Waals surface area contributed by atoms with Crippen LogP contribution in [0.1, 0.15) is 5.56 Å². The maximum absolute atomic E-state index is 4.23. The van der Waals surface area contributed by atoms with Crippen molar-refractivity contribution in [2.24, 2.45) is 0 Å². The lowest BCUT2D eigenvalue weighted by molar-refractivity contribution is 1.26. The van der Waals surface area contributed by atoms with E-state index in [1.165, 1.54) is 5.56 Å². The molecule has 0 heterocycles. The van der Waals surface area contributed by atoms with Crippen molar-refractivity contribution < 1.29 is 0 Å². The average molecular weight is 182 g/mol. The second kappa shape index (κ2) is 4.52. The van der Waals surface area contributed by atoms with Crippen LogP contribution in [-0.2, 0) is 6.42 Å². The molecule has 0 saturated heterocycles. The predicted octanol–water partition coefficient (Wildman–Crippen LogP) is 2.93. The third-order valence-electron chi connectivity index (χ3n) is 1.38. The minimum absolute atomic E-state index is 0.869. The number of thiol groups is 2. The summed E-state index contributed by atoms with van der Waals surface area (Å²) in [5.41, 5.74) is 1.27. The normalized spacial score (nSPS) is 11.6. The van der Waals surface area contributed by atoms with Crippen molar-refractivity contribution in [1.82, 2.24) is 0 Å². The molecule has 1 rings (SSSR count). The van der Waals surface area contributed by atoms with Crippen LogP contribution < -0.4 is 0 Å². The zero-order chi connectivity index (χ0) is 8.10. The van der Waals surface area contributed by atoms with Gasteiger partial charge in [0.15, 0.2) is 0 Å². The van der Waals surface area contributed by atoms with Crippen LogP contribution in [0.4, 0.5) is 0 Å². The standard InChI is InChI=1S/C9H10S2/c10-7-9(11)6-8-4-2-1-3-5-8/h1-5,7,10-11H,6H2. The number of benzene rings is 1. The Morgan fingerprint density at radius 1 is 1.27 bits per heavy atom. The molecule has 11 heavy (non-hydrogen) atoms. The van der Waals surface area contributed by atoms with Gasteiger partial charge in [-0.1, -0.05) is 30.3 Å². The maximum atomic E-state index is 4.23. The molecule has 0 amide bonds. The monoisotopic (exact) mass is 182 g/mol. The molecule has 0 aliphatic rings. The summed E-state index contributed by atoms with van der Waals surface area (Å²) in [6.07, 6.45) is 0.869. The van der Waals surface area contributed by atoms with Crippen molar-refractivity contribution in [3.8, 4) is 0 Å². The number of allylic oxidation sites excluding steroid dienone is 1. The Labute approximate surface area is 78.1 Å². The molecule has 1 aromatic carbocycles. The van der Waals surface area contributed by atoms with E-state index in [9.17, 15) is 0 Å². The molecule has 0 aromatic heterocycles. The Balaban J connectivity index is 2.65. The summed E-state index contributed by atoms with van der Waals surface area (Å²) in [6, 6.07) is 10.2. The Kier molecular flexibility index (Phi) is 3.60. The van der Waals surface area contributed by atoms with E-state index in [1.807, 2.05) is 18.2 Å². The topological polar surface area (TPSA) is 0 Å². The lowest BCUT2D eigenvalue weighted by Gasteiger charge is -1.98. The van der Waals surface area contributed by atoms with Gasteiger partial charge in [-0.3, -0.25) is 0 Å². The smallest absolute Gasteiger partial charge is 0.00368 e. The van der Waals surface area contributed by atoms with Crippen LogP contribution in [0, 0.1) is 0 Å². The van der Waals surface area contributed by atoms with Crippen molar-refractivity contribution in [3.05, 3.63) is 46.2 Å². The van der Waals surface area contributed by atoms with Gasteiger partial charge < -0.3 is 0 Å².